The fourth-order valence-corrected chi connectivity index (χ4v) is 0.246. The summed E-state index contributed by atoms with van der Waals surface area (Å²) in [5.41, 5.74) is 1.10. The van der Waals surface area contributed by atoms with Crippen LogP contribution in [0.15, 0.2) is 12.2 Å². The Bertz CT molecular complexity index is 70.5. The molecule has 0 aliphatic carbocycles. The van der Waals surface area contributed by atoms with Gasteiger partial charge in [0.15, 0.2) is 0 Å². The number of halogens is 1. The highest BCUT2D eigenvalue weighted by atomic mass is 79.9. The van der Waals surface area contributed by atoms with Crippen molar-refractivity contribution in [3.63, 3.8) is 0 Å². The third-order valence-electron chi connectivity index (χ3n) is 0.686. The summed E-state index contributed by atoms with van der Waals surface area (Å²) >= 11 is 3.33. The van der Waals surface area contributed by atoms with Crippen molar-refractivity contribution in [2.75, 3.05) is 7.05 Å². The van der Waals surface area contributed by atoms with Crippen molar-refractivity contribution >= 4 is 15.9 Å². The van der Waals surface area contributed by atoms with Crippen LogP contribution in [0.3, 0.4) is 0 Å². The van der Waals surface area contributed by atoms with Gasteiger partial charge in [-0.25, -0.2) is 0 Å². The molecule has 0 aromatic heterocycles. The van der Waals surface area contributed by atoms with E-state index >= 15 is 0 Å². The van der Waals surface area contributed by atoms with Crippen LogP contribution in [0.5, 0.6) is 0 Å². The zero-order chi connectivity index (χ0) is 5.86. The van der Waals surface area contributed by atoms with E-state index in [4.69, 9.17) is 0 Å². The van der Waals surface area contributed by atoms with Crippen molar-refractivity contribution in [3.8, 4) is 0 Å². The molecular weight excluding hydrogens is 154 g/mol. The van der Waals surface area contributed by atoms with Gasteiger partial charge in [0.05, 0.1) is 4.95 Å². The molecule has 7 heavy (non-hydrogen) atoms. The lowest BCUT2D eigenvalue weighted by Crippen LogP contribution is -2.17. The van der Waals surface area contributed by atoms with Gasteiger partial charge < -0.3 is 5.32 Å². The van der Waals surface area contributed by atoms with Crippen molar-refractivity contribution in [2.45, 2.75) is 11.9 Å². The largest absolute Gasteiger partial charge is 0.304 e. The zero-order valence-electron chi connectivity index (χ0n) is 4.66. The summed E-state index contributed by atoms with van der Waals surface area (Å²) < 4.78 is 0. The van der Waals surface area contributed by atoms with Gasteiger partial charge in [0.25, 0.3) is 0 Å². The highest BCUT2D eigenvalue weighted by molar-refractivity contribution is 9.09. The Hall–Kier alpha value is 0.180. The smallest absolute Gasteiger partial charge is 0.0838 e. The maximum atomic E-state index is 3.72. The van der Waals surface area contributed by atoms with E-state index in [-0.39, 0.29) is 4.95 Å². The van der Waals surface area contributed by atoms with E-state index in [0.717, 1.165) is 5.57 Å². The van der Waals surface area contributed by atoms with E-state index in [0.29, 0.717) is 0 Å². The number of nitrogens with one attached hydrogen (secondary N) is 1. The van der Waals surface area contributed by atoms with Gasteiger partial charge in [0.1, 0.15) is 0 Å². The molecule has 0 aromatic carbocycles. The third-order valence-corrected chi connectivity index (χ3v) is 1.93. The van der Waals surface area contributed by atoms with E-state index in [1.54, 1.807) is 0 Å². The number of likely N-dealkylation sites (N-methyl/N-ethyl adjacent to an activating group) is 1. The molecule has 0 radical (unpaired) electrons. The van der Waals surface area contributed by atoms with Gasteiger partial charge in [-0.2, -0.15) is 0 Å². The van der Waals surface area contributed by atoms with Crippen LogP contribution in [-0.4, -0.2) is 12.0 Å². The highest BCUT2D eigenvalue weighted by Crippen LogP contribution is 2.02. The van der Waals surface area contributed by atoms with E-state index in [2.05, 4.69) is 27.8 Å². The SMILES string of the molecule is C=C(C)C(Br)NC. The molecule has 1 atom stereocenters. The van der Waals surface area contributed by atoms with Crippen LogP contribution in [0, 0.1) is 0 Å². The van der Waals surface area contributed by atoms with Gasteiger partial charge in [-0.05, 0) is 14.0 Å². The Kier molecular flexibility index (Phi) is 3.30. The monoisotopic (exact) mass is 163 g/mol. The molecule has 0 saturated carbocycles. The van der Waals surface area contributed by atoms with Crippen molar-refractivity contribution in [1.82, 2.24) is 5.32 Å². The van der Waals surface area contributed by atoms with E-state index in [9.17, 15) is 0 Å². The molecular formula is C5H10BrN. The third kappa shape index (κ3) is 2.83. The van der Waals surface area contributed by atoms with Crippen LogP contribution < -0.4 is 5.32 Å². The maximum absolute atomic E-state index is 3.72. The average molecular weight is 164 g/mol. The Morgan fingerprint density at radius 2 is 2.29 bits per heavy atom. The lowest BCUT2D eigenvalue weighted by atomic mass is 10.4. The number of rotatable bonds is 2. The highest BCUT2D eigenvalue weighted by Gasteiger charge is 1.95. The lowest BCUT2D eigenvalue weighted by Gasteiger charge is -2.04. The van der Waals surface area contributed by atoms with Crippen LogP contribution in [0.1, 0.15) is 6.92 Å². The van der Waals surface area contributed by atoms with Gasteiger partial charge in [-0.1, -0.05) is 28.1 Å². The summed E-state index contributed by atoms with van der Waals surface area (Å²) in [6.07, 6.45) is 0. The summed E-state index contributed by atoms with van der Waals surface area (Å²) in [7, 11) is 1.88. The van der Waals surface area contributed by atoms with Crippen molar-refractivity contribution in [3.05, 3.63) is 12.2 Å². The predicted molar refractivity (Wildman–Crippen MR) is 36.6 cm³/mol. The van der Waals surface area contributed by atoms with Gasteiger partial charge >= 0.3 is 0 Å². The molecule has 1 N–H and O–H groups in total. The van der Waals surface area contributed by atoms with Crippen LogP contribution in [-0.2, 0) is 0 Å². The molecule has 0 amide bonds. The van der Waals surface area contributed by atoms with Crippen LogP contribution in [0.25, 0.3) is 0 Å². The first-order valence-electron chi connectivity index (χ1n) is 2.15. The van der Waals surface area contributed by atoms with Gasteiger partial charge in [-0.3, -0.25) is 0 Å². The fraction of sp³-hybridized carbons (Fsp3) is 0.600. The fourth-order valence-electron chi connectivity index (χ4n) is 0.246. The Labute approximate surface area is 52.9 Å². The molecule has 42 valence electrons. The molecule has 0 bridgehead atoms. The standard InChI is InChI=1S/C5H10BrN/c1-4(2)5(6)7-3/h5,7H,1H2,2-3H3. The van der Waals surface area contributed by atoms with E-state index < -0.39 is 0 Å². The number of hydrogen-bond acceptors (Lipinski definition) is 1. The summed E-state index contributed by atoms with van der Waals surface area (Å²) in [5.74, 6) is 0. The minimum absolute atomic E-state index is 0.271. The van der Waals surface area contributed by atoms with Gasteiger partial charge in [0, 0.05) is 0 Å². The molecule has 0 spiro atoms. The van der Waals surface area contributed by atoms with Crippen LogP contribution in [0.2, 0.25) is 0 Å². The van der Waals surface area contributed by atoms with Crippen LogP contribution >= 0.6 is 15.9 Å². The number of hydrogen-bond donors (Lipinski definition) is 1. The summed E-state index contributed by atoms with van der Waals surface area (Å²) in [6, 6.07) is 0. The first kappa shape index (κ1) is 7.18. The Morgan fingerprint density at radius 1 is 1.86 bits per heavy atom. The molecule has 0 heterocycles. The van der Waals surface area contributed by atoms with Crippen molar-refractivity contribution in [1.29, 1.82) is 0 Å². The molecule has 1 unspecified atom stereocenters. The van der Waals surface area contributed by atoms with E-state index in [1.165, 1.54) is 0 Å². The molecule has 0 aliphatic heterocycles. The molecule has 0 fully saturated rings. The minimum atomic E-state index is 0.271. The normalized spacial score (nSPS) is 13.6. The molecule has 0 rings (SSSR count). The number of alkyl halides is 1. The second kappa shape index (κ2) is 3.22. The quantitative estimate of drug-likeness (QED) is 0.370. The molecule has 0 aliphatic rings. The summed E-state index contributed by atoms with van der Waals surface area (Å²) in [6.45, 7) is 5.68. The van der Waals surface area contributed by atoms with Gasteiger partial charge in [0.2, 0.25) is 0 Å². The lowest BCUT2D eigenvalue weighted by molar-refractivity contribution is 0.842. The first-order valence-corrected chi connectivity index (χ1v) is 3.06. The zero-order valence-corrected chi connectivity index (χ0v) is 6.25. The Balaban J connectivity index is 3.34. The first-order chi connectivity index (χ1) is 3.18. The minimum Gasteiger partial charge on any atom is -0.304 e. The van der Waals surface area contributed by atoms with Crippen LogP contribution in [0.4, 0.5) is 0 Å². The molecule has 1 nitrogen and oxygen atoms in total. The summed E-state index contributed by atoms with van der Waals surface area (Å²) in [5, 5.41) is 2.98. The molecule has 2 heteroatoms. The molecule has 0 aromatic rings. The summed E-state index contributed by atoms with van der Waals surface area (Å²) in [4.78, 5) is 0.271. The Morgan fingerprint density at radius 3 is 2.29 bits per heavy atom. The second-order valence-corrected chi connectivity index (χ2v) is 2.41. The van der Waals surface area contributed by atoms with Crippen molar-refractivity contribution < 1.29 is 0 Å². The maximum Gasteiger partial charge on any atom is 0.0838 e. The topological polar surface area (TPSA) is 12.0 Å². The second-order valence-electron chi connectivity index (χ2n) is 1.50. The van der Waals surface area contributed by atoms with Crippen molar-refractivity contribution in [2.24, 2.45) is 0 Å². The van der Waals surface area contributed by atoms with E-state index in [1.807, 2.05) is 14.0 Å². The predicted octanol–water partition coefficient (Wildman–Crippen LogP) is 1.50. The van der Waals surface area contributed by atoms with Gasteiger partial charge in [-0.15, -0.1) is 0 Å². The average Bonchev–Trinajstić information content (AvgIpc) is 1.65. The molecule has 0 saturated heterocycles.